The Kier molecular flexibility index (Phi) is 2.71. The molecule has 23 heavy (non-hydrogen) atoms. The van der Waals surface area contributed by atoms with Crippen LogP contribution in [0.4, 0.5) is 8.78 Å². The number of halogens is 2. The second-order valence-electron chi connectivity index (χ2n) is 4.97. The van der Waals surface area contributed by atoms with Crippen LogP contribution in [0.3, 0.4) is 0 Å². The molecular formula is C16H8F2N2O3. The van der Waals surface area contributed by atoms with Gasteiger partial charge in [0.15, 0.2) is 17.1 Å². The van der Waals surface area contributed by atoms with Crippen LogP contribution >= 0.6 is 0 Å². The van der Waals surface area contributed by atoms with Crippen LogP contribution in [0.2, 0.25) is 0 Å². The number of fused-ring (bicyclic) bond motifs is 2. The number of phenolic OH excluding ortho intramolecular Hbond substituents is 1. The van der Waals surface area contributed by atoms with Crippen molar-refractivity contribution in [2.24, 2.45) is 0 Å². The average molecular weight is 314 g/mol. The normalized spacial score (nSPS) is 11.4. The van der Waals surface area contributed by atoms with E-state index in [0.29, 0.717) is 11.5 Å². The molecule has 1 N–H and O–H groups in total. The summed E-state index contributed by atoms with van der Waals surface area (Å²) in [4.78, 5) is 12.4. The first-order valence-corrected chi connectivity index (χ1v) is 6.64. The first-order valence-electron chi connectivity index (χ1n) is 6.64. The number of nitrogens with zero attached hydrogens (tertiary/aromatic N) is 2. The minimum Gasteiger partial charge on any atom is -0.504 e. The molecule has 5 nitrogen and oxygen atoms in total. The van der Waals surface area contributed by atoms with E-state index in [9.17, 15) is 18.7 Å². The summed E-state index contributed by atoms with van der Waals surface area (Å²) in [6.07, 6.45) is 0. The fourth-order valence-corrected chi connectivity index (χ4v) is 2.43. The topological polar surface area (TPSA) is 68.3 Å². The van der Waals surface area contributed by atoms with E-state index in [-0.39, 0.29) is 28.5 Å². The number of aromatic hydroxyl groups is 1. The number of hydrogen-bond donors (Lipinski definition) is 1. The number of rotatable bonds is 1. The summed E-state index contributed by atoms with van der Waals surface area (Å²) in [5.74, 6) is -1.81. The number of benzene rings is 2. The van der Waals surface area contributed by atoms with Crippen LogP contribution in [0.1, 0.15) is 0 Å². The molecule has 0 radical (unpaired) electrons. The first-order chi connectivity index (χ1) is 11.0. The lowest BCUT2D eigenvalue weighted by molar-refractivity contribution is 0.462. The number of hydrogen-bond acceptors (Lipinski definition) is 4. The SMILES string of the molecule is O=c1c2cc3cccc(O)c3oc-2nn1-c1ccc(F)cc1F. The highest BCUT2D eigenvalue weighted by atomic mass is 19.1. The molecule has 4 rings (SSSR count). The fraction of sp³-hybridized carbons (Fsp3) is 0. The zero-order valence-electron chi connectivity index (χ0n) is 11.5. The Morgan fingerprint density at radius 3 is 2.74 bits per heavy atom. The second-order valence-corrected chi connectivity index (χ2v) is 4.97. The summed E-state index contributed by atoms with van der Waals surface area (Å²) in [6.45, 7) is 0. The van der Waals surface area contributed by atoms with Gasteiger partial charge in [0, 0.05) is 11.5 Å². The van der Waals surface area contributed by atoms with Crippen LogP contribution in [0, 0.1) is 11.6 Å². The van der Waals surface area contributed by atoms with Crippen molar-refractivity contribution in [3.63, 3.8) is 0 Å². The van der Waals surface area contributed by atoms with Crippen LogP contribution in [0.5, 0.6) is 5.75 Å². The van der Waals surface area contributed by atoms with Crippen LogP contribution in [-0.4, -0.2) is 14.9 Å². The minimum absolute atomic E-state index is 0.0484. The van der Waals surface area contributed by atoms with Crippen molar-refractivity contribution in [3.8, 4) is 22.9 Å². The molecule has 0 aliphatic carbocycles. The van der Waals surface area contributed by atoms with E-state index in [2.05, 4.69) is 5.10 Å². The van der Waals surface area contributed by atoms with E-state index in [1.807, 2.05) is 0 Å². The molecule has 2 aromatic rings. The third-order valence-corrected chi connectivity index (χ3v) is 3.51. The summed E-state index contributed by atoms with van der Waals surface area (Å²) in [7, 11) is 0. The first kappa shape index (κ1) is 13.4. The fourth-order valence-electron chi connectivity index (χ4n) is 2.43. The summed E-state index contributed by atoms with van der Waals surface area (Å²) in [5.41, 5.74) is -0.480. The molecular weight excluding hydrogens is 306 g/mol. The summed E-state index contributed by atoms with van der Waals surface area (Å²) in [6, 6.07) is 9.02. The average Bonchev–Trinajstić information content (AvgIpc) is 2.83. The third kappa shape index (κ3) is 1.97. The molecule has 0 unspecified atom stereocenters. The molecule has 0 amide bonds. The van der Waals surface area contributed by atoms with E-state index < -0.39 is 17.2 Å². The van der Waals surface area contributed by atoms with Crippen molar-refractivity contribution in [2.45, 2.75) is 0 Å². The van der Waals surface area contributed by atoms with Crippen molar-refractivity contribution >= 4 is 11.0 Å². The molecule has 2 aliphatic rings. The van der Waals surface area contributed by atoms with Crippen molar-refractivity contribution in [2.75, 3.05) is 0 Å². The van der Waals surface area contributed by atoms with Crippen molar-refractivity contribution < 1.29 is 18.3 Å². The molecule has 0 saturated heterocycles. The van der Waals surface area contributed by atoms with Gasteiger partial charge in [-0.05, 0) is 24.3 Å². The summed E-state index contributed by atoms with van der Waals surface area (Å²) in [5, 5.41) is 14.2. The maximum Gasteiger partial charge on any atom is 0.284 e. The highest BCUT2D eigenvalue weighted by molar-refractivity contribution is 5.86. The van der Waals surface area contributed by atoms with Gasteiger partial charge < -0.3 is 9.52 Å². The summed E-state index contributed by atoms with van der Waals surface area (Å²) >= 11 is 0. The Hall–Kier alpha value is -3.22. The highest BCUT2D eigenvalue weighted by Crippen LogP contribution is 2.30. The van der Waals surface area contributed by atoms with E-state index in [1.165, 1.54) is 12.1 Å². The Bertz CT molecular complexity index is 1080. The summed E-state index contributed by atoms with van der Waals surface area (Å²) < 4.78 is 33.1. The maximum absolute atomic E-state index is 13.9. The van der Waals surface area contributed by atoms with Crippen molar-refractivity contribution in [1.29, 1.82) is 0 Å². The molecule has 0 bridgehead atoms. The molecule has 2 aliphatic heterocycles. The lowest BCUT2D eigenvalue weighted by Gasteiger charge is -2.01. The van der Waals surface area contributed by atoms with Gasteiger partial charge in [0.25, 0.3) is 5.56 Å². The molecule has 2 aromatic carbocycles. The van der Waals surface area contributed by atoms with Gasteiger partial charge in [-0.15, -0.1) is 5.10 Å². The van der Waals surface area contributed by atoms with Crippen LogP contribution < -0.4 is 5.56 Å². The highest BCUT2D eigenvalue weighted by Gasteiger charge is 2.22. The third-order valence-electron chi connectivity index (χ3n) is 3.51. The Labute approximate surface area is 127 Å². The monoisotopic (exact) mass is 314 g/mol. The maximum atomic E-state index is 13.9. The number of aromatic nitrogens is 2. The van der Waals surface area contributed by atoms with Gasteiger partial charge in [0.05, 0.1) is 0 Å². The van der Waals surface area contributed by atoms with Crippen LogP contribution in [-0.2, 0) is 0 Å². The quantitative estimate of drug-likeness (QED) is 0.586. The number of para-hydroxylation sites is 1. The molecule has 0 atom stereocenters. The van der Waals surface area contributed by atoms with Gasteiger partial charge >= 0.3 is 0 Å². The van der Waals surface area contributed by atoms with E-state index in [0.717, 1.165) is 16.8 Å². The van der Waals surface area contributed by atoms with Gasteiger partial charge in [-0.3, -0.25) is 4.79 Å². The van der Waals surface area contributed by atoms with Gasteiger partial charge in [-0.2, -0.15) is 4.68 Å². The predicted molar refractivity (Wildman–Crippen MR) is 77.8 cm³/mol. The molecule has 0 spiro atoms. The second kappa shape index (κ2) is 4.64. The number of phenols is 1. The molecule has 0 fully saturated rings. The zero-order chi connectivity index (χ0) is 16.1. The minimum atomic E-state index is -0.915. The Balaban J connectivity index is 2.05. The Morgan fingerprint density at radius 2 is 1.96 bits per heavy atom. The smallest absolute Gasteiger partial charge is 0.284 e. The van der Waals surface area contributed by atoms with Gasteiger partial charge in [0.1, 0.15) is 17.1 Å². The van der Waals surface area contributed by atoms with Crippen molar-refractivity contribution in [3.05, 3.63) is 64.5 Å². The standard InChI is InChI=1S/C16H8F2N2O3/c17-9-4-5-12(11(18)7-9)20-16(22)10-6-8-2-1-3-13(21)14(8)23-15(10)19-20/h1-7,21H. The molecule has 2 heterocycles. The lowest BCUT2D eigenvalue weighted by atomic mass is 10.1. The zero-order valence-corrected chi connectivity index (χ0v) is 11.5. The molecule has 0 saturated carbocycles. The van der Waals surface area contributed by atoms with Crippen LogP contribution in [0.15, 0.2) is 51.7 Å². The molecule has 114 valence electrons. The lowest BCUT2D eigenvalue weighted by Crippen LogP contribution is -2.15. The van der Waals surface area contributed by atoms with E-state index >= 15 is 0 Å². The molecule has 7 heteroatoms. The van der Waals surface area contributed by atoms with Gasteiger partial charge in [-0.1, -0.05) is 12.1 Å². The molecule has 0 aromatic heterocycles. The Morgan fingerprint density at radius 1 is 1.13 bits per heavy atom. The van der Waals surface area contributed by atoms with Crippen molar-refractivity contribution in [1.82, 2.24) is 9.78 Å². The largest absolute Gasteiger partial charge is 0.504 e. The van der Waals surface area contributed by atoms with E-state index in [4.69, 9.17) is 4.42 Å². The predicted octanol–water partition coefficient (Wildman–Crippen LogP) is 3.07. The van der Waals surface area contributed by atoms with Gasteiger partial charge in [-0.25, -0.2) is 8.78 Å². The van der Waals surface area contributed by atoms with E-state index in [1.54, 1.807) is 12.1 Å². The van der Waals surface area contributed by atoms with Gasteiger partial charge in [0.2, 0.25) is 5.89 Å². The van der Waals surface area contributed by atoms with Crippen LogP contribution in [0.25, 0.3) is 28.1 Å².